The first kappa shape index (κ1) is 70.3. The predicted molar refractivity (Wildman–Crippen MR) is 390 cm³/mol. The fourth-order valence-electron chi connectivity index (χ4n) is 10.4. The van der Waals surface area contributed by atoms with Crippen molar-refractivity contribution in [2.75, 3.05) is 7.11 Å². The molecule has 0 aliphatic heterocycles. The smallest absolute Gasteiger partial charge is 0.242 e. The monoisotopic (exact) mass is 1200 g/mol. The SMILES string of the molecule is C.C=[N+]([O-])c1cc(C(C)(C)C)cc2cccnc12.CC(C)(C)c1cc2ccccc2cn1.CC(C)(C)c1ccc2[nH+]cccc2c1.CC(C)(C)c1cccc2ccccc12.CC(C)(C)c1nccc2ccccc12.COc1cccc2ccc(C(C)(C)C)cc12. The van der Waals surface area contributed by atoms with E-state index in [0.29, 0.717) is 15.9 Å². The molecule has 0 amide bonds. The number of hydrogen-bond donors (Lipinski definition) is 0. The molecule has 8 aromatic carbocycles. The van der Waals surface area contributed by atoms with Crippen LogP contribution in [0, 0.1) is 5.21 Å². The van der Waals surface area contributed by atoms with Crippen LogP contribution in [-0.2, 0) is 32.5 Å². The summed E-state index contributed by atoms with van der Waals surface area (Å²) in [5, 5.41) is 23.9. The molecular formula is C83H100N5O2+. The summed E-state index contributed by atoms with van der Waals surface area (Å²) in [4.78, 5) is 16.4. The minimum absolute atomic E-state index is 0. The fraction of sp³-hybridized carbons (Fsp3) is 0.313. The molecule has 4 heterocycles. The first-order valence-electron chi connectivity index (χ1n) is 31.1. The van der Waals surface area contributed by atoms with Crippen molar-refractivity contribution in [1.29, 1.82) is 0 Å². The van der Waals surface area contributed by atoms with Crippen LogP contribution < -0.4 is 9.72 Å². The number of ether oxygens (including phenoxy) is 1. The van der Waals surface area contributed by atoms with Crippen LogP contribution in [0.4, 0.5) is 5.69 Å². The second-order valence-electron chi connectivity index (χ2n) is 29.1. The summed E-state index contributed by atoms with van der Waals surface area (Å²) in [7, 11) is 1.72. The second-order valence-corrected chi connectivity index (χ2v) is 29.1. The average Bonchev–Trinajstić information content (AvgIpc) is 0.924. The average molecular weight is 1200 g/mol. The molecule has 468 valence electrons. The number of pyridine rings is 4. The molecule has 0 bridgehead atoms. The minimum atomic E-state index is -0.00517. The third-order valence-corrected chi connectivity index (χ3v) is 15.7. The van der Waals surface area contributed by atoms with E-state index in [2.05, 4.69) is 303 Å². The molecule has 7 heteroatoms. The minimum Gasteiger partial charge on any atom is -0.619 e. The summed E-state index contributed by atoms with van der Waals surface area (Å²) in [6.45, 7) is 43.1. The Bertz CT molecular complexity index is 4150. The Balaban J connectivity index is 0.000000172. The Hall–Kier alpha value is -8.81. The third kappa shape index (κ3) is 18.6. The van der Waals surface area contributed by atoms with Gasteiger partial charge in [0.15, 0.2) is 6.20 Å². The van der Waals surface area contributed by atoms with Gasteiger partial charge in [0.05, 0.1) is 12.8 Å². The van der Waals surface area contributed by atoms with Crippen molar-refractivity contribution in [1.82, 2.24) is 15.0 Å². The normalized spacial score (nSPS) is 11.7. The summed E-state index contributed by atoms with van der Waals surface area (Å²) in [5.74, 6) is 0.948. The van der Waals surface area contributed by atoms with Crippen molar-refractivity contribution < 1.29 is 14.5 Å². The molecule has 4 aromatic heterocycles. The maximum absolute atomic E-state index is 11.5. The Morgan fingerprint density at radius 2 is 0.922 bits per heavy atom. The summed E-state index contributed by atoms with van der Waals surface area (Å²) >= 11 is 0. The first-order valence-corrected chi connectivity index (χ1v) is 31.1. The van der Waals surface area contributed by atoms with Crippen LogP contribution in [0.3, 0.4) is 0 Å². The Morgan fingerprint density at radius 3 is 1.52 bits per heavy atom. The van der Waals surface area contributed by atoms with E-state index in [9.17, 15) is 5.21 Å². The van der Waals surface area contributed by atoms with Gasteiger partial charge in [-0.15, -0.1) is 0 Å². The number of benzene rings is 8. The summed E-state index contributed by atoms with van der Waals surface area (Å²) in [6, 6.07) is 67.4. The van der Waals surface area contributed by atoms with E-state index >= 15 is 0 Å². The van der Waals surface area contributed by atoms with Crippen molar-refractivity contribution in [3.63, 3.8) is 0 Å². The zero-order valence-electron chi connectivity index (χ0n) is 56.6. The van der Waals surface area contributed by atoms with Gasteiger partial charge in [0.25, 0.3) is 0 Å². The van der Waals surface area contributed by atoms with Gasteiger partial charge in [0.1, 0.15) is 18.0 Å². The Morgan fingerprint density at radius 1 is 0.400 bits per heavy atom. The molecule has 90 heavy (non-hydrogen) atoms. The van der Waals surface area contributed by atoms with Crippen molar-refractivity contribution in [3.05, 3.63) is 258 Å². The number of hydrogen-bond acceptors (Lipinski definition) is 5. The van der Waals surface area contributed by atoms with E-state index in [1.807, 2.05) is 61.1 Å². The van der Waals surface area contributed by atoms with E-state index in [1.54, 1.807) is 13.3 Å². The lowest BCUT2D eigenvalue weighted by atomic mass is 9.84. The van der Waals surface area contributed by atoms with Gasteiger partial charge in [-0.05, 0) is 119 Å². The highest BCUT2D eigenvalue weighted by molar-refractivity contribution is 5.90. The van der Waals surface area contributed by atoms with E-state index in [1.165, 1.54) is 76.4 Å². The van der Waals surface area contributed by atoms with Gasteiger partial charge in [-0.25, -0.2) is 9.97 Å². The highest BCUT2D eigenvalue weighted by Gasteiger charge is 2.22. The van der Waals surface area contributed by atoms with Crippen LogP contribution in [0.5, 0.6) is 5.75 Å². The first-order chi connectivity index (χ1) is 41.7. The van der Waals surface area contributed by atoms with Gasteiger partial charge in [0, 0.05) is 80.2 Å². The molecule has 0 aliphatic rings. The molecule has 0 radical (unpaired) electrons. The zero-order chi connectivity index (χ0) is 65.1. The van der Waals surface area contributed by atoms with E-state index in [4.69, 9.17) is 4.74 Å². The molecule has 7 nitrogen and oxygen atoms in total. The van der Waals surface area contributed by atoms with Crippen LogP contribution in [0.2, 0.25) is 0 Å². The van der Waals surface area contributed by atoms with Crippen LogP contribution in [0.15, 0.2) is 219 Å². The molecule has 0 unspecified atom stereocenters. The van der Waals surface area contributed by atoms with E-state index in [0.717, 1.165) is 22.4 Å². The van der Waals surface area contributed by atoms with Crippen molar-refractivity contribution in [2.45, 2.75) is 165 Å². The van der Waals surface area contributed by atoms with Gasteiger partial charge in [0.2, 0.25) is 11.2 Å². The van der Waals surface area contributed by atoms with Crippen molar-refractivity contribution in [2.24, 2.45) is 0 Å². The Labute approximate surface area is 539 Å². The number of rotatable bonds is 2. The molecular weight excluding hydrogens is 1100 g/mol. The molecule has 0 atom stereocenters. The molecule has 1 N–H and O–H groups in total. The number of fused-ring (bicyclic) bond motifs is 6. The van der Waals surface area contributed by atoms with Crippen LogP contribution in [-0.4, -0.2) is 33.5 Å². The van der Waals surface area contributed by atoms with Gasteiger partial charge >= 0.3 is 0 Å². The molecule has 0 spiro atoms. The highest BCUT2D eigenvalue weighted by Crippen LogP contribution is 2.35. The van der Waals surface area contributed by atoms with Crippen molar-refractivity contribution >= 4 is 77.3 Å². The summed E-state index contributed by atoms with van der Waals surface area (Å²) in [6.07, 6.45) is 7.49. The summed E-state index contributed by atoms with van der Waals surface area (Å²) < 4.78 is 6.02. The highest BCUT2D eigenvalue weighted by atomic mass is 16.5. The molecule has 0 fully saturated rings. The third-order valence-electron chi connectivity index (χ3n) is 15.7. The van der Waals surface area contributed by atoms with Crippen LogP contribution >= 0.6 is 0 Å². The molecule has 12 aromatic rings. The van der Waals surface area contributed by atoms with E-state index < -0.39 is 0 Å². The number of aromatic amines is 1. The molecule has 0 saturated heterocycles. The van der Waals surface area contributed by atoms with E-state index in [-0.39, 0.29) is 39.9 Å². The van der Waals surface area contributed by atoms with Gasteiger partial charge in [-0.3, -0.25) is 9.97 Å². The maximum atomic E-state index is 11.5. The van der Waals surface area contributed by atoms with Gasteiger partial charge in [-0.1, -0.05) is 259 Å². The molecule has 12 rings (SSSR count). The second kappa shape index (κ2) is 29.2. The number of H-pyrrole nitrogens is 1. The maximum Gasteiger partial charge on any atom is 0.242 e. The van der Waals surface area contributed by atoms with Crippen molar-refractivity contribution in [3.8, 4) is 5.75 Å². The van der Waals surface area contributed by atoms with Crippen LogP contribution in [0.25, 0.3) is 64.9 Å². The van der Waals surface area contributed by atoms with Crippen LogP contribution in [0.1, 0.15) is 166 Å². The number of aromatic nitrogens is 4. The lowest BCUT2D eigenvalue weighted by molar-refractivity contribution is -0.348. The molecule has 0 aliphatic carbocycles. The number of nitrogens with zero attached hydrogens (tertiary/aromatic N) is 4. The Kier molecular flexibility index (Phi) is 22.8. The number of nitrogens with one attached hydrogen (secondary N) is 1. The molecule has 0 saturated carbocycles. The van der Waals surface area contributed by atoms with Gasteiger partial charge in [-0.2, -0.15) is 4.74 Å². The lowest BCUT2D eigenvalue weighted by Gasteiger charge is -2.21. The standard InChI is InChI=1S/C15H18O.C14H16N2O.C14H16.3C13H15N.CH4/c1-15(2,3)12-9-8-11-6-5-7-14(16-4)13(11)10-12;1-14(2,3)11-8-10-6-5-7-15-13(10)12(9-11)16(4)17;1-14(2,3)13-10-6-8-11-7-4-5-9-12(11)13;1-13(2,3)11-6-7-12-10(9-11)5-4-8-14-12;1-13(2,3)12-8-10-6-4-5-7-11(10)9-14-12;1-13(2,3)12-11-7-5-4-6-10(11)8-9-14-12;/h5-10H,1-4H3;5-9H,4H2,1-3H3;4-10H,1-3H3;3*4-9H,1-3H3;1H4/p+1. The largest absolute Gasteiger partial charge is 0.619 e. The zero-order valence-corrected chi connectivity index (χ0v) is 56.6. The topological polar surface area (TPSA) is 88.1 Å². The fourth-order valence-corrected chi connectivity index (χ4v) is 10.4. The summed E-state index contributed by atoms with van der Waals surface area (Å²) in [5.41, 5.74) is 10.9. The number of methoxy groups -OCH3 is 1. The van der Waals surface area contributed by atoms with Gasteiger partial charge < -0.3 is 9.94 Å². The predicted octanol–water partition coefficient (Wildman–Crippen LogP) is 22.3. The quantitative estimate of drug-likeness (QED) is 0.0745. The lowest BCUT2D eigenvalue weighted by Crippen LogP contribution is -2.13.